The lowest BCUT2D eigenvalue weighted by atomic mass is 10.0. The number of carbonyl (C=O) groups is 1. The fourth-order valence-corrected chi connectivity index (χ4v) is 4.52. The fraction of sp³-hybridized carbons (Fsp3) is 0.286. The Labute approximate surface area is 177 Å². The van der Waals surface area contributed by atoms with E-state index in [2.05, 4.69) is 11.5 Å². The van der Waals surface area contributed by atoms with Crippen LogP contribution >= 0.6 is 23.2 Å². The largest absolute Gasteiger partial charge is 0.507 e. The van der Waals surface area contributed by atoms with Crippen LogP contribution in [0, 0.1) is 5.82 Å². The van der Waals surface area contributed by atoms with E-state index in [0.29, 0.717) is 44.1 Å². The first-order valence-corrected chi connectivity index (χ1v) is 9.93. The van der Waals surface area contributed by atoms with Gasteiger partial charge in [-0.15, -0.1) is 0 Å². The molecule has 152 valence electrons. The summed E-state index contributed by atoms with van der Waals surface area (Å²) in [6.07, 6.45) is 1.30. The summed E-state index contributed by atoms with van der Waals surface area (Å²) >= 11 is 12.8. The van der Waals surface area contributed by atoms with Crippen LogP contribution in [0.4, 0.5) is 4.39 Å². The molecule has 8 heteroatoms. The molecule has 0 aromatic heterocycles. The van der Waals surface area contributed by atoms with Gasteiger partial charge in [0.15, 0.2) is 0 Å². The summed E-state index contributed by atoms with van der Waals surface area (Å²) < 4.78 is 21.0. The van der Waals surface area contributed by atoms with Gasteiger partial charge in [-0.05, 0) is 24.3 Å². The monoisotopic (exact) mass is 436 g/mol. The zero-order valence-corrected chi connectivity index (χ0v) is 17.0. The average molecular weight is 437 g/mol. The van der Waals surface area contributed by atoms with Crippen LogP contribution in [-0.2, 0) is 11.3 Å². The zero-order valence-electron chi connectivity index (χ0n) is 15.5. The van der Waals surface area contributed by atoms with Crippen molar-refractivity contribution >= 4 is 29.1 Å². The molecule has 0 aliphatic carbocycles. The van der Waals surface area contributed by atoms with Gasteiger partial charge < -0.3 is 14.7 Å². The van der Waals surface area contributed by atoms with Gasteiger partial charge in [-0.1, -0.05) is 35.8 Å². The van der Waals surface area contributed by atoms with Gasteiger partial charge in [0.2, 0.25) is 5.91 Å². The highest BCUT2D eigenvalue weighted by Crippen LogP contribution is 2.46. The standard InChI is InChI=1S/C21H19Cl2FN2O3/c1-2-17(28)26-7-6-25-9-12-8-15(24)19(18-14(22)4-3-5-16(18)27)20(23)21(12)29-11-13(25)10-26/h2-5,8,13,27H,1,6-7,9-11H2/t13-/m1/s1. The number of hydrogen-bond acceptors (Lipinski definition) is 4. The maximum atomic E-state index is 15.1. The van der Waals surface area contributed by atoms with Gasteiger partial charge in [0.1, 0.15) is 23.9 Å². The Morgan fingerprint density at radius 1 is 1.31 bits per heavy atom. The Bertz CT molecular complexity index is 978. The number of phenolic OH excluding ortho intramolecular Hbond substituents is 1. The highest BCUT2D eigenvalue weighted by Gasteiger charge is 2.34. The summed E-state index contributed by atoms with van der Waals surface area (Å²) in [7, 11) is 0. The van der Waals surface area contributed by atoms with E-state index >= 15 is 4.39 Å². The van der Waals surface area contributed by atoms with Crippen molar-refractivity contribution in [2.45, 2.75) is 12.6 Å². The first kappa shape index (κ1) is 20.0. The molecule has 1 saturated heterocycles. The highest BCUT2D eigenvalue weighted by atomic mass is 35.5. The summed E-state index contributed by atoms with van der Waals surface area (Å²) in [4.78, 5) is 15.8. The second-order valence-corrected chi connectivity index (χ2v) is 7.88. The maximum Gasteiger partial charge on any atom is 0.246 e. The lowest BCUT2D eigenvalue weighted by molar-refractivity contribution is -0.129. The predicted octanol–water partition coefficient (Wildman–Crippen LogP) is 4.10. The molecule has 2 heterocycles. The molecule has 1 amide bonds. The number of fused-ring (bicyclic) bond motifs is 2. The molecule has 5 nitrogen and oxygen atoms in total. The fourth-order valence-electron chi connectivity index (χ4n) is 3.90. The third-order valence-electron chi connectivity index (χ3n) is 5.38. The number of carbonyl (C=O) groups excluding carboxylic acids is 1. The van der Waals surface area contributed by atoms with Crippen molar-refractivity contribution in [3.05, 3.63) is 58.3 Å². The van der Waals surface area contributed by atoms with Gasteiger partial charge in [0.05, 0.1) is 16.1 Å². The smallest absolute Gasteiger partial charge is 0.246 e. The van der Waals surface area contributed by atoms with E-state index < -0.39 is 5.82 Å². The second-order valence-electron chi connectivity index (χ2n) is 7.09. The van der Waals surface area contributed by atoms with Crippen molar-refractivity contribution in [3.63, 3.8) is 0 Å². The molecule has 0 bridgehead atoms. The second kappa shape index (κ2) is 7.86. The number of piperazine rings is 1. The number of aromatic hydroxyl groups is 1. The Morgan fingerprint density at radius 2 is 2.10 bits per heavy atom. The van der Waals surface area contributed by atoms with Crippen LogP contribution in [-0.4, -0.2) is 53.1 Å². The minimum Gasteiger partial charge on any atom is -0.507 e. The van der Waals surface area contributed by atoms with Crippen molar-refractivity contribution in [2.75, 3.05) is 26.2 Å². The number of amides is 1. The molecule has 2 aliphatic rings. The molecular formula is C21H19Cl2FN2O3. The molecule has 0 spiro atoms. The Morgan fingerprint density at radius 3 is 2.83 bits per heavy atom. The van der Waals surface area contributed by atoms with E-state index in [9.17, 15) is 9.90 Å². The number of ether oxygens (including phenoxy) is 1. The first-order chi connectivity index (χ1) is 13.9. The molecule has 29 heavy (non-hydrogen) atoms. The Kier molecular flexibility index (Phi) is 5.42. The number of halogens is 3. The van der Waals surface area contributed by atoms with Gasteiger partial charge >= 0.3 is 0 Å². The predicted molar refractivity (Wildman–Crippen MR) is 110 cm³/mol. The van der Waals surface area contributed by atoms with Crippen molar-refractivity contribution in [3.8, 4) is 22.6 Å². The minimum atomic E-state index is -0.584. The summed E-state index contributed by atoms with van der Waals surface area (Å²) in [5, 5.41) is 10.5. The van der Waals surface area contributed by atoms with E-state index in [0.717, 1.165) is 0 Å². The van der Waals surface area contributed by atoms with Gasteiger partial charge in [-0.25, -0.2) is 4.39 Å². The molecule has 2 aliphatic heterocycles. The van der Waals surface area contributed by atoms with E-state index in [-0.39, 0.29) is 38.9 Å². The van der Waals surface area contributed by atoms with Crippen molar-refractivity contribution in [2.24, 2.45) is 0 Å². The third-order valence-corrected chi connectivity index (χ3v) is 6.05. The maximum absolute atomic E-state index is 15.1. The average Bonchev–Trinajstić information content (AvgIpc) is 2.88. The third kappa shape index (κ3) is 3.56. The summed E-state index contributed by atoms with van der Waals surface area (Å²) in [5.41, 5.74) is 0.762. The van der Waals surface area contributed by atoms with E-state index in [1.54, 1.807) is 17.0 Å². The molecule has 0 saturated carbocycles. The van der Waals surface area contributed by atoms with Gasteiger partial charge in [0, 0.05) is 42.9 Å². The molecule has 2 aromatic carbocycles. The van der Waals surface area contributed by atoms with Crippen molar-refractivity contribution in [1.82, 2.24) is 9.80 Å². The molecule has 4 rings (SSSR count). The van der Waals surface area contributed by atoms with Crippen LogP contribution in [0.15, 0.2) is 36.9 Å². The molecule has 2 aromatic rings. The molecule has 1 atom stereocenters. The quantitative estimate of drug-likeness (QED) is 0.720. The number of nitrogens with zero attached hydrogens (tertiary/aromatic N) is 2. The van der Waals surface area contributed by atoms with Crippen LogP contribution in [0.25, 0.3) is 11.1 Å². The Balaban J connectivity index is 1.71. The van der Waals surface area contributed by atoms with Crippen molar-refractivity contribution < 1.29 is 19.0 Å². The van der Waals surface area contributed by atoms with Crippen molar-refractivity contribution in [1.29, 1.82) is 0 Å². The number of benzene rings is 2. The zero-order chi connectivity index (χ0) is 20.7. The molecular weight excluding hydrogens is 418 g/mol. The summed E-state index contributed by atoms with van der Waals surface area (Å²) in [6, 6.07) is 5.89. The normalized spacial score (nSPS) is 19.0. The lowest BCUT2D eigenvalue weighted by Crippen LogP contribution is -2.55. The topological polar surface area (TPSA) is 53.0 Å². The molecule has 0 radical (unpaired) electrons. The van der Waals surface area contributed by atoms with Crippen LogP contribution in [0.2, 0.25) is 10.0 Å². The summed E-state index contributed by atoms with van der Waals surface area (Å²) in [5.74, 6) is -0.493. The molecule has 1 fully saturated rings. The van der Waals surface area contributed by atoms with Crippen LogP contribution < -0.4 is 4.74 Å². The van der Waals surface area contributed by atoms with Gasteiger partial charge in [-0.3, -0.25) is 9.69 Å². The minimum absolute atomic E-state index is 0.0110. The van der Waals surface area contributed by atoms with E-state index in [1.165, 1.54) is 18.2 Å². The van der Waals surface area contributed by atoms with Crippen LogP contribution in [0.5, 0.6) is 11.5 Å². The van der Waals surface area contributed by atoms with Crippen LogP contribution in [0.1, 0.15) is 5.56 Å². The number of phenols is 1. The Hall–Kier alpha value is -2.28. The molecule has 1 N–H and O–H groups in total. The number of rotatable bonds is 2. The molecule has 0 unspecified atom stereocenters. The number of hydrogen-bond donors (Lipinski definition) is 1. The van der Waals surface area contributed by atoms with Crippen LogP contribution in [0.3, 0.4) is 0 Å². The SMILES string of the molecule is C=CC(=O)N1CCN2Cc3cc(F)c(-c4c(O)cccc4Cl)c(Cl)c3OC[C@H]2C1. The first-order valence-electron chi connectivity index (χ1n) is 9.17. The highest BCUT2D eigenvalue weighted by molar-refractivity contribution is 6.37. The lowest BCUT2D eigenvalue weighted by Gasteiger charge is -2.39. The van der Waals surface area contributed by atoms with Gasteiger partial charge in [0.25, 0.3) is 0 Å². The van der Waals surface area contributed by atoms with E-state index in [4.69, 9.17) is 27.9 Å². The van der Waals surface area contributed by atoms with E-state index in [1.807, 2.05) is 0 Å². The van der Waals surface area contributed by atoms with Gasteiger partial charge in [-0.2, -0.15) is 0 Å². The summed E-state index contributed by atoms with van der Waals surface area (Å²) in [6.45, 7) is 5.99.